The van der Waals surface area contributed by atoms with Crippen LogP contribution in [0.2, 0.25) is 0 Å². The van der Waals surface area contributed by atoms with Crippen molar-refractivity contribution < 1.29 is 4.79 Å². The van der Waals surface area contributed by atoms with Crippen molar-refractivity contribution in [2.45, 2.75) is 31.7 Å². The predicted molar refractivity (Wildman–Crippen MR) is 116 cm³/mol. The molecule has 144 valence electrons. The van der Waals surface area contributed by atoms with Gasteiger partial charge in [0.25, 0.3) is 0 Å². The molecule has 2 heterocycles. The summed E-state index contributed by atoms with van der Waals surface area (Å²) in [5.74, 6) is 0.393. The van der Waals surface area contributed by atoms with E-state index in [2.05, 4.69) is 58.9 Å². The zero-order valence-electron chi connectivity index (χ0n) is 16.4. The normalized spacial score (nSPS) is 20.8. The Labute approximate surface area is 170 Å². The average Bonchev–Trinajstić information content (AvgIpc) is 2.92. The number of hydrogen-bond donors (Lipinski definition) is 2. The number of allylic oxidation sites excluding steroid dienone is 1. The van der Waals surface area contributed by atoms with Gasteiger partial charge in [-0.25, -0.2) is 0 Å². The lowest BCUT2D eigenvalue weighted by molar-refractivity contribution is -0.116. The molecular formula is C25H23N3O. The van der Waals surface area contributed by atoms with Crippen LogP contribution in [0.4, 0.5) is 11.4 Å². The van der Waals surface area contributed by atoms with Gasteiger partial charge in [0.05, 0.1) is 17.4 Å². The average molecular weight is 381 g/mol. The first-order chi connectivity index (χ1) is 14.2. The summed E-state index contributed by atoms with van der Waals surface area (Å²) in [5, 5.41) is 7.18. The van der Waals surface area contributed by atoms with Crippen LogP contribution >= 0.6 is 0 Å². The van der Waals surface area contributed by atoms with Crippen molar-refractivity contribution >= 4 is 17.2 Å². The third-order valence-corrected chi connectivity index (χ3v) is 5.90. The zero-order valence-corrected chi connectivity index (χ0v) is 16.4. The van der Waals surface area contributed by atoms with Crippen molar-refractivity contribution in [3.05, 3.63) is 101 Å². The summed E-state index contributed by atoms with van der Waals surface area (Å²) in [5.41, 5.74) is 7.38. The third kappa shape index (κ3) is 3.31. The molecule has 3 aromatic rings. The van der Waals surface area contributed by atoms with Crippen LogP contribution in [-0.4, -0.2) is 10.8 Å². The van der Waals surface area contributed by atoms with Crippen LogP contribution in [0.3, 0.4) is 0 Å². The molecule has 0 bridgehead atoms. The Morgan fingerprint density at radius 1 is 0.862 bits per heavy atom. The van der Waals surface area contributed by atoms with E-state index in [0.29, 0.717) is 6.42 Å². The molecule has 0 unspecified atom stereocenters. The molecule has 0 amide bonds. The van der Waals surface area contributed by atoms with E-state index in [1.807, 2.05) is 24.3 Å². The summed E-state index contributed by atoms with van der Waals surface area (Å²) in [7, 11) is 0. The summed E-state index contributed by atoms with van der Waals surface area (Å²) in [4.78, 5) is 17.6. The maximum absolute atomic E-state index is 13.4. The molecule has 1 aliphatic heterocycles. The summed E-state index contributed by atoms with van der Waals surface area (Å²) >= 11 is 0. The Morgan fingerprint density at radius 2 is 1.59 bits per heavy atom. The zero-order chi connectivity index (χ0) is 19.8. The lowest BCUT2D eigenvalue weighted by Crippen LogP contribution is -2.26. The minimum Gasteiger partial charge on any atom is -0.372 e. The summed E-state index contributed by atoms with van der Waals surface area (Å²) in [6.45, 7) is 2.09. The number of anilines is 2. The molecule has 0 saturated carbocycles. The number of aromatic nitrogens is 1. The number of nitrogens with one attached hydrogen (secondary N) is 2. The fraction of sp³-hybridized carbons (Fsp3) is 0.200. The van der Waals surface area contributed by atoms with Gasteiger partial charge in [0.15, 0.2) is 5.78 Å². The quantitative estimate of drug-likeness (QED) is 0.627. The number of hydrogen-bond acceptors (Lipinski definition) is 4. The fourth-order valence-corrected chi connectivity index (χ4v) is 4.37. The van der Waals surface area contributed by atoms with Crippen molar-refractivity contribution in [2.75, 3.05) is 10.6 Å². The molecule has 4 heteroatoms. The Hall–Kier alpha value is -3.40. The number of carbonyl (C=O) groups excluding carboxylic acids is 1. The van der Waals surface area contributed by atoms with Crippen LogP contribution in [-0.2, 0) is 4.79 Å². The maximum Gasteiger partial charge on any atom is 0.163 e. The van der Waals surface area contributed by atoms with Crippen molar-refractivity contribution in [1.29, 1.82) is 0 Å². The highest BCUT2D eigenvalue weighted by atomic mass is 16.1. The summed E-state index contributed by atoms with van der Waals surface area (Å²) < 4.78 is 0. The Balaban J connectivity index is 1.60. The van der Waals surface area contributed by atoms with Crippen LogP contribution < -0.4 is 10.6 Å². The topological polar surface area (TPSA) is 54.0 Å². The van der Waals surface area contributed by atoms with E-state index in [0.717, 1.165) is 34.6 Å². The van der Waals surface area contributed by atoms with Gasteiger partial charge in [-0.2, -0.15) is 0 Å². The number of nitrogens with zero attached hydrogens (tertiary/aromatic N) is 1. The fourth-order valence-electron chi connectivity index (χ4n) is 4.37. The summed E-state index contributed by atoms with van der Waals surface area (Å²) in [6, 6.07) is 20.5. The molecule has 0 fully saturated rings. The minimum atomic E-state index is -0.185. The van der Waals surface area contributed by atoms with E-state index < -0.39 is 0 Å². The highest BCUT2D eigenvalue weighted by Gasteiger charge is 2.35. The Bertz CT molecular complexity index is 1090. The van der Waals surface area contributed by atoms with Gasteiger partial charge >= 0.3 is 0 Å². The number of ketones is 1. The Kier molecular flexibility index (Phi) is 4.39. The van der Waals surface area contributed by atoms with Gasteiger partial charge in [-0.05, 0) is 54.7 Å². The molecule has 2 N–H and O–H groups in total. The third-order valence-electron chi connectivity index (χ3n) is 5.90. The highest BCUT2D eigenvalue weighted by molar-refractivity contribution is 6.01. The van der Waals surface area contributed by atoms with E-state index >= 15 is 0 Å². The molecule has 0 spiro atoms. The molecule has 0 saturated heterocycles. The van der Waals surface area contributed by atoms with Gasteiger partial charge < -0.3 is 10.6 Å². The number of fused-ring (bicyclic) bond motifs is 1. The standard InChI is InChI=1S/C25H23N3O/c1-16-6-8-17(9-7-16)19-14-22-24(23(29)15-19)25(18-10-12-26-13-11-18)28-21-5-3-2-4-20(21)27-22/h2-13,19,25,27-28H,14-15H2,1H3/t19-,25-/m1/s1. The molecule has 2 atom stereocenters. The van der Waals surface area contributed by atoms with Crippen molar-refractivity contribution in [1.82, 2.24) is 4.98 Å². The first-order valence-corrected chi connectivity index (χ1v) is 10.0. The summed E-state index contributed by atoms with van der Waals surface area (Å²) in [6.07, 6.45) is 4.92. The molecule has 2 aromatic carbocycles. The smallest absolute Gasteiger partial charge is 0.163 e. The molecule has 1 aromatic heterocycles. The van der Waals surface area contributed by atoms with E-state index in [-0.39, 0.29) is 17.7 Å². The number of Topliss-reactive ketones (excluding diaryl/α,β-unsaturated/α-hetero) is 1. The molecule has 0 radical (unpaired) electrons. The van der Waals surface area contributed by atoms with Crippen LogP contribution in [0.25, 0.3) is 0 Å². The van der Waals surface area contributed by atoms with Gasteiger partial charge in [0.2, 0.25) is 0 Å². The second-order valence-electron chi connectivity index (χ2n) is 7.86. The molecule has 5 rings (SSSR count). The maximum atomic E-state index is 13.4. The SMILES string of the molecule is Cc1ccc([C@H]2CC(=O)C3=C(C2)Nc2ccccc2N[C@@H]3c2ccncc2)cc1. The van der Waals surface area contributed by atoms with Crippen LogP contribution in [0.1, 0.15) is 41.5 Å². The second-order valence-corrected chi connectivity index (χ2v) is 7.86. The number of carbonyl (C=O) groups is 1. The van der Waals surface area contributed by atoms with Crippen LogP contribution in [0.5, 0.6) is 0 Å². The lowest BCUT2D eigenvalue weighted by Gasteiger charge is -2.30. The first kappa shape index (κ1) is 17.7. The predicted octanol–water partition coefficient (Wildman–Crippen LogP) is 5.37. The number of para-hydroxylation sites is 2. The minimum absolute atomic E-state index is 0.185. The van der Waals surface area contributed by atoms with Crippen molar-refractivity contribution in [3.63, 3.8) is 0 Å². The highest BCUT2D eigenvalue weighted by Crippen LogP contribution is 2.44. The number of pyridine rings is 1. The van der Waals surface area contributed by atoms with Gasteiger partial charge in [-0.15, -0.1) is 0 Å². The molecule has 2 aliphatic rings. The number of aryl methyl sites for hydroxylation is 1. The van der Waals surface area contributed by atoms with Crippen molar-refractivity contribution in [2.24, 2.45) is 0 Å². The largest absolute Gasteiger partial charge is 0.372 e. The first-order valence-electron chi connectivity index (χ1n) is 10.0. The van der Waals surface area contributed by atoms with Crippen LogP contribution in [0.15, 0.2) is 84.3 Å². The van der Waals surface area contributed by atoms with E-state index in [9.17, 15) is 4.79 Å². The van der Waals surface area contributed by atoms with Gasteiger partial charge in [-0.3, -0.25) is 9.78 Å². The Morgan fingerprint density at radius 3 is 2.34 bits per heavy atom. The van der Waals surface area contributed by atoms with E-state index in [1.165, 1.54) is 11.1 Å². The monoisotopic (exact) mass is 381 g/mol. The molecule has 29 heavy (non-hydrogen) atoms. The van der Waals surface area contributed by atoms with Crippen molar-refractivity contribution in [3.8, 4) is 0 Å². The van der Waals surface area contributed by atoms with Crippen LogP contribution in [0, 0.1) is 6.92 Å². The molecule has 1 aliphatic carbocycles. The van der Waals surface area contributed by atoms with E-state index in [4.69, 9.17) is 0 Å². The second kappa shape index (κ2) is 7.21. The lowest BCUT2D eigenvalue weighted by atomic mass is 9.78. The van der Waals surface area contributed by atoms with Gasteiger partial charge in [0, 0.05) is 30.1 Å². The van der Waals surface area contributed by atoms with E-state index in [1.54, 1.807) is 12.4 Å². The van der Waals surface area contributed by atoms with Gasteiger partial charge in [0.1, 0.15) is 0 Å². The van der Waals surface area contributed by atoms with Gasteiger partial charge in [-0.1, -0.05) is 42.0 Å². The number of benzene rings is 2. The molecular weight excluding hydrogens is 358 g/mol. The number of rotatable bonds is 2. The molecule has 4 nitrogen and oxygen atoms in total.